The van der Waals surface area contributed by atoms with E-state index in [2.05, 4.69) is 5.32 Å². The summed E-state index contributed by atoms with van der Waals surface area (Å²) >= 11 is 0. The van der Waals surface area contributed by atoms with Gasteiger partial charge in [0.2, 0.25) is 5.91 Å². The first-order valence-electron chi connectivity index (χ1n) is 9.98. The molecule has 0 saturated carbocycles. The van der Waals surface area contributed by atoms with Gasteiger partial charge in [-0.3, -0.25) is 4.79 Å². The van der Waals surface area contributed by atoms with E-state index in [-0.39, 0.29) is 24.2 Å². The fourth-order valence-electron chi connectivity index (χ4n) is 3.64. The van der Waals surface area contributed by atoms with Crippen LogP contribution >= 0.6 is 0 Å². The van der Waals surface area contributed by atoms with Crippen LogP contribution in [0.2, 0.25) is 0 Å². The average molecular weight is 410 g/mol. The Hall–Kier alpha value is -2.99. The summed E-state index contributed by atoms with van der Waals surface area (Å²) in [5, 5.41) is 3.78. The Morgan fingerprint density at radius 1 is 1.17 bits per heavy atom. The van der Waals surface area contributed by atoms with Crippen LogP contribution in [0, 0.1) is 19.7 Å². The lowest BCUT2D eigenvalue weighted by Crippen LogP contribution is -2.34. The van der Waals surface area contributed by atoms with Crippen LogP contribution in [-0.2, 0) is 11.2 Å². The highest BCUT2D eigenvalue weighted by Crippen LogP contribution is 2.21. The van der Waals surface area contributed by atoms with Crippen LogP contribution in [0.3, 0.4) is 0 Å². The Kier molecular flexibility index (Phi) is 6.67. The number of hydrogen-bond donors (Lipinski definition) is 1. The van der Waals surface area contributed by atoms with Crippen LogP contribution < -0.4 is 10.9 Å². The first-order chi connectivity index (χ1) is 14.3. The van der Waals surface area contributed by atoms with Gasteiger partial charge in [0, 0.05) is 23.9 Å². The molecule has 1 atom stereocenters. The molecule has 1 aromatic heterocycles. The first-order valence-corrected chi connectivity index (χ1v) is 9.98. The van der Waals surface area contributed by atoms with Gasteiger partial charge in [0.15, 0.2) is 0 Å². The standard InChI is InChI=1S/C24H27FN2O3/c1-15-8-9-19-16(2)20(24(29)30-22(19)12-15)10-11-23(28)26-14-21(27(3)4)17-6-5-7-18(25)13-17/h5-9,12-13,21H,10-11,14H2,1-4H3,(H,26,28)/t21-/m0/s1. The number of carbonyl (C=O) groups excluding carboxylic acids is 1. The molecule has 0 aliphatic carbocycles. The number of nitrogens with zero attached hydrogens (tertiary/aromatic N) is 1. The molecule has 0 aliphatic rings. The second-order valence-electron chi connectivity index (χ2n) is 7.83. The van der Waals surface area contributed by atoms with Crippen molar-refractivity contribution in [3.05, 3.63) is 81.0 Å². The molecule has 158 valence electrons. The number of amides is 1. The van der Waals surface area contributed by atoms with Gasteiger partial charge in [-0.2, -0.15) is 0 Å². The molecule has 3 rings (SSSR count). The Balaban J connectivity index is 1.67. The molecule has 30 heavy (non-hydrogen) atoms. The zero-order chi connectivity index (χ0) is 21.8. The van der Waals surface area contributed by atoms with E-state index in [4.69, 9.17) is 4.42 Å². The minimum absolute atomic E-state index is 0.152. The van der Waals surface area contributed by atoms with Crippen molar-refractivity contribution in [1.82, 2.24) is 10.2 Å². The number of aryl methyl sites for hydroxylation is 2. The van der Waals surface area contributed by atoms with Crippen molar-refractivity contribution in [3.63, 3.8) is 0 Å². The van der Waals surface area contributed by atoms with Gasteiger partial charge in [0.05, 0.1) is 6.04 Å². The highest BCUT2D eigenvalue weighted by atomic mass is 19.1. The van der Waals surface area contributed by atoms with Crippen molar-refractivity contribution < 1.29 is 13.6 Å². The van der Waals surface area contributed by atoms with E-state index in [1.165, 1.54) is 12.1 Å². The number of fused-ring (bicyclic) bond motifs is 1. The monoisotopic (exact) mass is 410 g/mol. The molecule has 0 aliphatic heterocycles. The van der Waals surface area contributed by atoms with Crippen molar-refractivity contribution in [2.45, 2.75) is 32.7 Å². The first kappa shape index (κ1) is 21.7. The van der Waals surface area contributed by atoms with Crippen LogP contribution in [0.15, 0.2) is 51.7 Å². The number of hydrogen-bond acceptors (Lipinski definition) is 4. The maximum atomic E-state index is 13.6. The summed E-state index contributed by atoms with van der Waals surface area (Å²) in [6, 6.07) is 12.0. The number of halogens is 1. The van der Waals surface area contributed by atoms with Crippen LogP contribution in [0.1, 0.15) is 34.7 Å². The van der Waals surface area contributed by atoms with Crippen molar-refractivity contribution in [2.75, 3.05) is 20.6 Å². The van der Waals surface area contributed by atoms with E-state index < -0.39 is 5.63 Å². The Morgan fingerprint density at radius 2 is 1.93 bits per heavy atom. The second kappa shape index (κ2) is 9.22. The lowest BCUT2D eigenvalue weighted by molar-refractivity contribution is -0.121. The molecule has 0 radical (unpaired) electrons. The quantitative estimate of drug-likeness (QED) is 0.600. The lowest BCUT2D eigenvalue weighted by atomic mass is 10.0. The molecule has 3 aromatic rings. The number of nitrogens with one attached hydrogen (secondary N) is 1. The van der Waals surface area contributed by atoms with Crippen LogP contribution in [0.5, 0.6) is 0 Å². The molecular weight excluding hydrogens is 383 g/mol. The fourth-order valence-corrected chi connectivity index (χ4v) is 3.64. The highest BCUT2D eigenvalue weighted by Gasteiger charge is 2.17. The molecule has 0 unspecified atom stereocenters. The average Bonchev–Trinajstić information content (AvgIpc) is 2.67. The molecule has 0 saturated heterocycles. The minimum atomic E-state index is -0.399. The van der Waals surface area contributed by atoms with Crippen molar-refractivity contribution in [2.24, 2.45) is 0 Å². The summed E-state index contributed by atoms with van der Waals surface area (Å²) in [6.07, 6.45) is 0.475. The SMILES string of the molecule is Cc1ccc2c(C)c(CCC(=O)NC[C@@H](c3cccc(F)c3)N(C)C)c(=O)oc2c1. The summed E-state index contributed by atoms with van der Waals surface area (Å²) in [7, 11) is 3.76. The van der Waals surface area contributed by atoms with E-state index in [1.54, 1.807) is 6.07 Å². The summed E-state index contributed by atoms with van der Waals surface area (Å²) in [5.74, 6) is -0.472. The van der Waals surface area contributed by atoms with Gasteiger partial charge in [0.25, 0.3) is 0 Å². The summed E-state index contributed by atoms with van der Waals surface area (Å²) in [6.45, 7) is 4.17. The highest BCUT2D eigenvalue weighted by molar-refractivity contribution is 5.82. The van der Waals surface area contributed by atoms with Crippen molar-refractivity contribution >= 4 is 16.9 Å². The maximum absolute atomic E-state index is 13.6. The summed E-state index contributed by atoms with van der Waals surface area (Å²) in [5.41, 5.74) is 3.35. The van der Waals surface area contributed by atoms with E-state index in [0.717, 1.165) is 22.1 Å². The van der Waals surface area contributed by atoms with Crippen molar-refractivity contribution in [1.29, 1.82) is 0 Å². The molecule has 2 aromatic carbocycles. The van der Waals surface area contributed by atoms with Gasteiger partial charge in [-0.05, 0) is 69.3 Å². The van der Waals surface area contributed by atoms with E-state index in [0.29, 0.717) is 24.1 Å². The van der Waals surface area contributed by atoms with Gasteiger partial charge < -0.3 is 14.6 Å². The molecule has 0 bridgehead atoms. The Bertz CT molecular complexity index is 1120. The van der Waals surface area contributed by atoms with Gasteiger partial charge in [-0.1, -0.05) is 24.3 Å². The largest absolute Gasteiger partial charge is 0.423 e. The summed E-state index contributed by atoms with van der Waals surface area (Å²) in [4.78, 5) is 26.8. The third-order valence-electron chi connectivity index (χ3n) is 5.39. The van der Waals surface area contributed by atoms with Gasteiger partial charge >= 0.3 is 5.63 Å². The third kappa shape index (κ3) is 4.94. The predicted octanol–water partition coefficient (Wildman–Crippen LogP) is 3.90. The van der Waals surface area contributed by atoms with E-state index in [1.807, 2.05) is 57.1 Å². The van der Waals surface area contributed by atoms with Crippen LogP contribution in [-0.4, -0.2) is 31.4 Å². The number of benzene rings is 2. The minimum Gasteiger partial charge on any atom is -0.423 e. The second-order valence-corrected chi connectivity index (χ2v) is 7.83. The zero-order valence-electron chi connectivity index (χ0n) is 17.8. The molecule has 5 nitrogen and oxygen atoms in total. The number of likely N-dealkylation sites (N-methyl/N-ethyl adjacent to an activating group) is 1. The van der Waals surface area contributed by atoms with E-state index in [9.17, 15) is 14.0 Å². The Labute approximate surface area is 175 Å². The van der Waals surface area contributed by atoms with Crippen LogP contribution in [0.25, 0.3) is 11.0 Å². The number of carbonyl (C=O) groups is 1. The maximum Gasteiger partial charge on any atom is 0.339 e. The Morgan fingerprint density at radius 3 is 2.63 bits per heavy atom. The summed E-state index contributed by atoms with van der Waals surface area (Å²) < 4.78 is 19.0. The van der Waals surface area contributed by atoms with Gasteiger partial charge in [-0.25, -0.2) is 9.18 Å². The van der Waals surface area contributed by atoms with Crippen LogP contribution in [0.4, 0.5) is 4.39 Å². The third-order valence-corrected chi connectivity index (χ3v) is 5.39. The zero-order valence-corrected chi connectivity index (χ0v) is 17.8. The molecule has 0 spiro atoms. The normalized spacial score (nSPS) is 12.3. The fraction of sp³-hybridized carbons (Fsp3) is 0.333. The molecule has 6 heteroatoms. The van der Waals surface area contributed by atoms with Gasteiger partial charge in [-0.15, -0.1) is 0 Å². The molecule has 1 heterocycles. The number of rotatable bonds is 7. The molecule has 0 fully saturated rings. The molecule has 1 N–H and O–H groups in total. The smallest absolute Gasteiger partial charge is 0.339 e. The molecular formula is C24H27FN2O3. The predicted molar refractivity (Wildman–Crippen MR) is 116 cm³/mol. The lowest BCUT2D eigenvalue weighted by Gasteiger charge is -2.25. The topological polar surface area (TPSA) is 62.6 Å². The van der Waals surface area contributed by atoms with Crippen molar-refractivity contribution in [3.8, 4) is 0 Å². The van der Waals surface area contributed by atoms with Gasteiger partial charge in [0.1, 0.15) is 11.4 Å². The van der Waals surface area contributed by atoms with E-state index >= 15 is 0 Å². The molecule has 1 amide bonds.